The first-order chi connectivity index (χ1) is 10.5. The van der Waals surface area contributed by atoms with Crippen molar-refractivity contribution >= 4 is 17.7 Å². The van der Waals surface area contributed by atoms with Crippen LogP contribution in [-0.2, 0) is 13.5 Å². The number of hydrogen-bond donors (Lipinski definition) is 0. The minimum atomic E-state index is -1.90. The molecule has 0 aliphatic carbocycles. The zero-order valence-corrected chi connectivity index (χ0v) is 18.2. The summed E-state index contributed by atoms with van der Waals surface area (Å²) in [6.07, 6.45) is 3.56. The molecule has 0 atom stereocenters. The molecule has 1 aromatic carbocycles. The third kappa shape index (κ3) is 4.47. The summed E-state index contributed by atoms with van der Waals surface area (Å²) in [6, 6.07) is 11.2. The molecule has 0 spiro atoms. The summed E-state index contributed by atoms with van der Waals surface area (Å²) < 4.78 is 3.97. The quantitative estimate of drug-likeness (QED) is 0.548. The van der Waals surface area contributed by atoms with Crippen LogP contribution in [0.1, 0.15) is 31.9 Å². The SMILES string of the molecule is Cc1ccccc1-c1cc(CC(C)(C)C)[c]([Ge]([CH3])([CH3])[CH3])c[n+]1C. The van der Waals surface area contributed by atoms with E-state index in [-0.39, 0.29) is 0 Å². The van der Waals surface area contributed by atoms with Crippen LogP contribution in [0.15, 0.2) is 36.5 Å². The molecule has 0 N–H and O–H groups in total. The Hall–Kier alpha value is -1.09. The van der Waals surface area contributed by atoms with E-state index in [9.17, 15) is 0 Å². The number of benzene rings is 1. The van der Waals surface area contributed by atoms with Gasteiger partial charge in [0, 0.05) is 0 Å². The molecule has 2 aromatic rings. The summed E-state index contributed by atoms with van der Waals surface area (Å²) >= 11 is -1.90. The second-order valence-corrected chi connectivity index (χ2v) is 19.6. The summed E-state index contributed by atoms with van der Waals surface area (Å²) in [5.74, 6) is 7.48. The molecule has 2 rings (SSSR count). The Labute approximate surface area is 145 Å². The zero-order valence-electron chi connectivity index (χ0n) is 16.1. The molecule has 0 bridgehead atoms. The van der Waals surface area contributed by atoms with Gasteiger partial charge in [0.15, 0.2) is 0 Å². The van der Waals surface area contributed by atoms with Crippen molar-refractivity contribution < 1.29 is 4.57 Å². The second-order valence-electron chi connectivity index (χ2n) is 9.01. The normalized spacial score (nSPS) is 12.5. The van der Waals surface area contributed by atoms with E-state index >= 15 is 0 Å². The van der Waals surface area contributed by atoms with Gasteiger partial charge in [0.05, 0.1) is 0 Å². The number of pyridine rings is 1. The summed E-state index contributed by atoms with van der Waals surface area (Å²) in [5, 5.41) is 0. The van der Waals surface area contributed by atoms with Crippen molar-refractivity contribution in [2.45, 2.75) is 51.4 Å². The van der Waals surface area contributed by atoms with Crippen LogP contribution in [0, 0.1) is 12.3 Å². The van der Waals surface area contributed by atoms with Crippen LogP contribution in [0.3, 0.4) is 0 Å². The Morgan fingerprint density at radius 2 is 1.65 bits per heavy atom. The van der Waals surface area contributed by atoms with Crippen LogP contribution >= 0.6 is 0 Å². The Morgan fingerprint density at radius 1 is 1.04 bits per heavy atom. The van der Waals surface area contributed by atoms with Crippen molar-refractivity contribution in [2.75, 3.05) is 0 Å². The first-order valence-corrected chi connectivity index (χ1v) is 15.9. The number of nitrogens with zero attached hydrogens (tertiary/aromatic N) is 1. The van der Waals surface area contributed by atoms with Crippen molar-refractivity contribution in [3.8, 4) is 11.3 Å². The summed E-state index contributed by atoms with van der Waals surface area (Å²) in [6.45, 7) is 9.22. The predicted molar refractivity (Wildman–Crippen MR) is 104 cm³/mol. The molecule has 124 valence electrons. The molecule has 0 amide bonds. The topological polar surface area (TPSA) is 3.88 Å². The fourth-order valence-corrected chi connectivity index (χ4v) is 6.79. The van der Waals surface area contributed by atoms with Crippen LogP contribution < -0.4 is 8.96 Å². The van der Waals surface area contributed by atoms with Crippen molar-refractivity contribution in [3.05, 3.63) is 47.7 Å². The van der Waals surface area contributed by atoms with Crippen molar-refractivity contribution in [1.29, 1.82) is 0 Å². The van der Waals surface area contributed by atoms with E-state index in [0.29, 0.717) is 5.41 Å². The summed E-state index contributed by atoms with van der Waals surface area (Å²) in [7, 11) is 2.19. The number of aryl methyl sites for hydroxylation is 2. The molecule has 0 saturated heterocycles. The molecular weight excluding hydrogens is 339 g/mol. The van der Waals surface area contributed by atoms with Crippen molar-refractivity contribution in [2.24, 2.45) is 12.5 Å². The second kappa shape index (κ2) is 6.43. The van der Waals surface area contributed by atoms with E-state index in [1.165, 1.54) is 16.8 Å². The van der Waals surface area contributed by atoms with E-state index < -0.39 is 13.3 Å². The maximum atomic E-state index is 2.49. The average molecular weight is 371 g/mol. The molecule has 0 aliphatic heterocycles. The van der Waals surface area contributed by atoms with Crippen LogP contribution in [-0.4, -0.2) is 13.3 Å². The monoisotopic (exact) mass is 372 g/mol. The Morgan fingerprint density at radius 3 is 2.17 bits per heavy atom. The molecule has 1 aromatic heterocycles. The molecule has 1 nitrogen and oxygen atoms in total. The van der Waals surface area contributed by atoms with E-state index in [1.807, 2.05) is 0 Å². The van der Waals surface area contributed by atoms with E-state index in [4.69, 9.17) is 0 Å². The number of hydrogen-bond acceptors (Lipinski definition) is 0. The zero-order chi connectivity index (χ0) is 17.4. The van der Waals surface area contributed by atoms with Gasteiger partial charge in [0.2, 0.25) is 0 Å². The van der Waals surface area contributed by atoms with Gasteiger partial charge in [-0.25, -0.2) is 0 Å². The van der Waals surface area contributed by atoms with Crippen molar-refractivity contribution in [1.82, 2.24) is 0 Å². The number of rotatable bonds is 3. The van der Waals surface area contributed by atoms with E-state index in [2.05, 4.69) is 93.1 Å². The summed E-state index contributed by atoms with van der Waals surface area (Å²) in [5.41, 5.74) is 5.89. The third-order valence-electron chi connectivity index (χ3n) is 4.31. The third-order valence-corrected chi connectivity index (χ3v) is 8.64. The first-order valence-electron chi connectivity index (χ1n) is 8.58. The molecule has 0 fully saturated rings. The van der Waals surface area contributed by atoms with Crippen LogP contribution in [0.5, 0.6) is 0 Å². The van der Waals surface area contributed by atoms with Crippen LogP contribution in [0.2, 0.25) is 17.3 Å². The van der Waals surface area contributed by atoms with Gasteiger partial charge >= 0.3 is 145 Å². The molecule has 1 heterocycles. The molecular formula is C21H32GeN+. The molecule has 23 heavy (non-hydrogen) atoms. The standard InChI is InChI=1S/C21H32GeN/c1-16-11-9-10-12-18(16)20-13-17(14-21(2,3)4)19(15-23(20)8)22(5,6)7/h9-13,15H,14H2,1-8H3/q+1. The van der Waals surface area contributed by atoms with Crippen LogP contribution in [0.4, 0.5) is 0 Å². The average Bonchev–Trinajstić information content (AvgIpc) is 2.38. The van der Waals surface area contributed by atoms with Gasteiger partial charge < -0.3 is 0 Å². The number of aromatic nitrogens is 1. The molecule has 0 unspecified atom stereocenters. The van der Waals surface area contributed by atoms with Gasteiger partial charge in [-0.05, 0) is 0 Å². The van der Waals surface area contributed by atoms with Crippen LogP contribution in [0.25, 0.3) is 11.3 Å². The van der Waals surface area contributed by atoms with Gasteiger partial charge in [0.1, 0.15) is 0 Å². The summed E-state index contributed by atoms with van der Waals surface area (Å²) in [4.78, 5) is 0. The fraction of sp³-hybridized carbons (Fsp3) is 0.476. The van der Waals surface area contributed by atoms with Gasteiger partial charge in [0.25, 0.3) is 0 Å². The Balaban J connectivity index is 2.68. The van der Waals surface area contributed by atoms with Gasteiger partial charge in [-0.1, -0.05) is 0 Å². The molecule has 2 heteroatoms. The van der Waals surface area contributed by atoms with Gasteiger partial charge in [-0.3, -0.25) is 0 Å². The predicted octanol–water partition coefficient (Wildman–Crippen LogP) is 4.62. The van der Waals surface area contributed by atoms with Gasteiger partial charge in [-0.2, -0.15) is 0 Å². The Kier molecular flexibility index (Phi) is 5.10. The van der Waals surface area contributed by atoms with E-state index in [0.717, 1.165) is 6.42 Å². The molecule has 0 saturated carbocycles. The fourth-order valence-electron chi connectivity index (χ4n) is 3.21. The van der Waals surface area contributed by atoms with Crippen molar-refractivity contribution in [3.63, 3.8) is 0 Å². The van der Waals surface area contributed by atoms with Gasteiger partial charge in [-0.15, -0.1) is 0 Å². The Bertz CT molecular complexity index is 703. The molecule has 0 aliphatic rings. The first kappa shape index (κ1) is 18.3. The molecule has 0 radical (unpaired) electrons. The minimum absolute atomic E-state index is 0.311. The maximum absolute atomic E-state index is 2.49. The van der Waals surface area contributed by atoms with E-state index in [1.54, 1.807) is 9.96 Å².